The summed E-state index contributed by atoms with van der Waals surface area (Å²) in [6, 6.07) is 15.6. The molecule has 1 N–H and O–H groups in total. The molecule has 24 heavy (non-hydrogen) atoms. The van der Waals surface area contributed by atoms with Crippen LogP contribution in [0.15, 0.2) is 42.5 Å². The molecule has 0 saturated heterocycles. The van der Waals surface area contributed by atoms with Crippen molar-refractivity contribution in [2.24, 2.45) is 0 Å². The molecule has 1 aliphatic rings. The molecule has 1 amide bonds. The maximum Gasteiger partial charge on any atom is 0.223 e. The summed E-state index contributed by atoms with van der Waals surface area (Å²) in [6.45, 7) is 3.06. The van der Waals surface area contributed by atoms with E-state index < -0.39 is 0 Å². The van der Waals surface area contributed by atoms with Crippen molar-refractivity contribution in [3.8, 4) is 0 Å². The number of fused-ring (bicyclic) bond motifs is 1. The van der Waals surface area contributed by atoms with Crippen LogP contribution in [0.25, 0.3) is 10.8 Å². The Morgan fingerprint density at radius 1 is 1.21 bits per heavy atom. The van der Waals surface area contributed by atoms with Gasteiger partial charge in [0, 0.05) is 12.5 Å². The summed E-state index contributed by atoms with van der Waals surface area (Å²) in [7, 11) is 1.93. The van der Waals surface area contributed by atoms with E-state index in [1.165, 1.54) is 16.3 Å². The zero-order valence-corrected chi connectivity index (χ0v) is 15.3. The molecule has 1 fully saturated rings. The second kappa shape index (κ2) is 8.50. The van der Waals surface area contributed by atoms with Gasteiger partial charge in [-0.1, -0.05) is 36.4 Å². The molecule has 1 atom stereocenters. The van der Waals surface area contributed by atoms with Crippen LogP contribution in [-0.2, 0) is 4.79 Å². The maximum absolute atomic E-state index is 12.7. The Kier molecular flexibility index (Phi) is 6.64. The number of carbonyl (C=O) groups is 1. The number of nitrogens with one attached hydrogen (secondary N) is 1. The predicted molar refractivity (Wildman–Crippen MR) is 103 cm³/mol. The van der Waals surface area contributed by atoms with E-state index in [-0.39, 0.29) is 18.4 Å². The van der Waals surface area contributed by atoms with Gasteiger partial charge < -0.3 is 10.2 Å². The minimum Gasteiger partial charge on any atom is -0.333 e. The van der Waals surface area contributed by atoms with Crippen molar-refractivity contribution in [2.45, 2.75) is 44.7 Å². The highest BCUT2D eigenvalue weighted by atomic mass is 35.5. The molecule has 2 aromatic carbocycles. The molecular formula is C20H27ClN2O. The summed E-state index contributed by atoms with van der Waals surface area (Å²) in [5, 5.41) is 5.61. The summed E-state index contributed by atoms with van der Waals surface area (Å²) in [6.07, 6.45) is 3.84. The molecule has 0 bridgehead atoms. The van der Waals surface area contributed by atoms with Gasteiger partial charge in [-0.2, -0.15) is 0 Å². The zero-order valence-electron chi connectivity index (χ0n) is 14.5. The number of rotatable bonds is 7. The largest absolute Gasteiger partial charge is 0.333 e. The second-order valence-electron chi connectivity index (χ2n) is 6.52. The van der Waals surface area contributed by atoms with Gasteiger partial charge in [0.15, 0.2) is 0 Å². The number of halogens is 1. The molecule has 2 aromatic rings. The van der Waals surface area contributed by atoms with Crippen LogP contribution in [-0.4, -0.2) is 30.4 Å². The van der Waals surface area contributed by atoms with Gasteiger partial charge in [0.1, 0.15) is 0 Å². The summed E-state index contributed by atoms with van der Waals surface area (Å²) in [5.41, 5.74) is 1.23. The highest BCUT2D eigenvalue weighted by molar-refractivity contribution is 5.85. The van der Waals surface area contributed by atoms with Gasteiger partial charge >= 0.3 is 0 Å². The Morgan fingerprint density at radius 2 is 1.92 bits per heavy atom. The molecule has 1 saturated carbocycles. The van der Waals surface area contributed by atoms with E-state index in [4.69, 9.17) is 0 Å². The van der Waals surface area contributed by atoms with E-state index in [9.17, 15) is 4.79 Å². The van der Waals surface area contributed by atoms with Gasteiger partial charge in [0.05, 0.1) is 6.04 Å². The summed E-state index contributed by atoms with van der Waals surface area (Å²) in [4.78, 5) is 14.8. The van der Waals surface area contributed by atoms with Gasteiger partial charge in [-0.3, -0.25) is 4.79 Å². The number of amides is 1. The first-order valence-corrected chi connectivity index (χ1v) is 8.65. The lowest BCUT2D eigenvalue weighted by Crippen LogP contribution is -2.35. The first-order chi connectivity index (χ1) is 11.2. The van der Waals surface area contributed by atoms with Crippen molar-refractivity contribution in [3.05, 3.63) is 48.0 Å². The fraction of sp³-hybridized carbons (Fsp3) is 0.450. The predicted octanol–water partition coefficient (Wildman–Crippen LogP) is 4.31. The van der Waals surface area contributed by atoms with Gasteiger partial charge in [-0.15, -0.1) is 12.4 Å². The van der Waals surface area contributed by atoms with Crippen molar-refractivity contribution in [3.63, 3.8) is 0 Å². The summed E-state index contributed by atoms with van der Waals surface area (Å²) < 4.78 is 0. The number of benzene rings is 2. The molecular weight excluding hydrogens is 320 g/mol. The summed E-state index contributed by atoms with van der Waals surface area (Å²) in [5.74, 6) is 0.295. The standard InChI is InChI=1S/C20H26N2O.ClH/c1-15(17-10-9-16-6-3-4-7-18(16)14-17)22(19-11-12-19)20(23)8-5-13-21-2;/h3-4,6-7,9-10,14-15,19,21H,5,8,11-13H2,1-2H3;1H. The Morgan fingerprint density at radius 3 is 2.58 bits per heavy atom. The molecule has 0 spiro atoms. The van der Waals surface area contributed by atoms with Gasteiger partial charge in [0.2, 0.25) is 5.91 Å². The third kappa shape index (κ3) is 4.28. The van der Waals surface area contributed by atoms with Crippen LogP contribution in [0.2, 0.25) is 0 Å². The number of hydrogen-bond donors (Lipinski definition) is 1. The topological polar surface area (TPSA) is 32.3 Å². The highest BCUT2D eigenvalue weighted by Gasteiger charge is 2.35. The van der Waals surface area contributed by atoms with Crippen LogP contribution in [0.1, 0.15) is 44.2 Å². The van der Waals surface area contributed by atoms with E-state index >= 15 is 0 Å². The van der Waals surface area contributed by atoms with E-state index in [2.05, 4.69) is 59.6 Å². The van der Waals surface area contributed by atoms with Crippen LogP contribution >= 0.6 is 12.4 Å². The third-order valence-electron chi connectivity index (χ3n) is 4.72. The van der Waals surface area contributed by atoms with Gasteiger partial charge in [0.25, 0.3) is 0 Å². The normalized spacial score (nSPS) is 14.9. The van der Waals surface area contributed by atoms with Crippen LogP contribution in [0, 0.1) is 0 Å². The Balaban J connectivity index is 0.00000208. The maximum atomic E-state index is 12.7. The van der Waals surface area contributed by atoms with Crippen molar-refractivity contribution >= 4 is 29.1 Å². The van der Waals surface area contributed by atoms with Crippen molar-refractivity contribution < 1.29 is 4.79 Å². The van der Waals surface area contributed by atoms with E-state index in [0.717, 1.165) is 25.8 Å². The lowest BCUT2D eigenvalue weighted by molar-refractivity contribution is -0.134. The molecule has 0 aliphatic heterocycles. The lowest BCUT2D eigenvalue weighted by Gasteiger charge is -2.30. The number of hydrogen-bond acceptors (Lipinski definition) is 2. The van der Waals surface area contributed by atoms with Crippen LogP contribution < -0.4 is 5.32 Å². The fourth-order valence-electron chi connectivity index (χ4n) is 3.26. The Hall–Kier alpha value is -1.58. The number of carbonyl (C=O) groups excluding carboxylic acids is 1. The minimum atomic E-state index is 0. The molecule has 0 radical (unpaired) electrons. The van der Waals surface area contributed by atoms with Crippen LogP contribution in [0.3, 0.4) is 0 Å². The molecule has 3 rings (SSSR count). The average molecular weight is 347 g/mol. The molecule has 1 aliphatic carbocycles. The molecule has 130 valence electrons. The van der Waals surface area contributed by atoms with Crippen molar-refractivity contribution in [1.82, 2.24) is 10.2 Å². The van der Waals surface area contributed by atoms with Gasteiger partial charge in [-0.25, -0.2) is 0 Å². The fourth-order valence-corrected chi connectivity index (χ4v) is 3.26. The molecule has 1 unspecified atom stereocenters. The smallest absolute Gasteiger partial charge is 0.223 e. The molecule has 0 heterocycles. The molecule has 4 heteroatoms. The molecule has 0 aromatic heterocycles. The number of nitrogens with zero attached hydrogens (tertiary/aromatic N) is 1. The van der Waals surface area contributed by atoms with Crippen molar-refractivity contribution in [1.29, 1.82) is 0 Å². The summed E-state index contributed by atoms with van der Waals surface area (Å²) >= 11 is 0. The minimum absolute atomic E-state index is 0. The third-order valence-corrected chi connectivity index (χ3v) is 4.72. The van der Waals surface area contributed by atoms with Gasteiger partial charge in [-0.05, 0) is 62.2 Å². The molecule has 3 nitrogen and oxygen atoms in total. The first kappa shape index (κ1) is 18.8. The second-order valence-corrected chi connectivity index (χ2v) is 6.52. The quantitative estimate of drug-likeness (QED) is 0.757. The SMILES string of the molecule is CNCCCC(=O)N(C1CC1)C(C)c1ccc2ccccc2c1.Cl. The van der Waals surface area contributed by atoms with Crippen LogP contribution in [0.5, 0.6) is 0 Å². The monoisotopic (exact) mass is 346 g/mol. The first-order valence-electron chi connectivity index (χ1n) is 8.65. The van der Waals surface area contributed by atoms with Crippen molar-refractivity contribution in [2.75, 3.05) is 13.6 Å². The Bertz CT molecular complexity index is 684. The van der Waals surface area contributed by atoms with E-state index in [1.54, 1.807) is 0 Å². The van der Waals surface area contributed by atoms with E-state index in [0.29, 0.717) is 18.4 Å². The van der Waals surface area contributed by atoms with Crippen LogP contribution in [0.4, 0.5) is 0 Å². The zero-order chi connectivity index (χ0) is 16.2. The Labute approximate surface area is 150 Å². The average Bonchev–Trinajstić information content (AvgIpc) is 3.39. The van der Waals surface area contributed by atoms with E-state index in [1.807, 2.05) is 7.05 Å². The highest BCUT2D eigenvalue weighted by Crippen LogP contribution is 2.35. The lowest BCUT2D eigenvalue weighted by atomic mass is 10.0.